The number of hydrogen-bond acceptors (Lipinski definition) is 7. The number of anilines is 1. The Morgan fingerprint density at radius 3 is 2.49 bits per heavy atom. The maximum atomic E-state index is 10.7. The number of phenolic OH excluding ortho intramolecular Hbond substituents is 1. The van der Waals surface area contributed by atoms with Gasteiger partial charge in [-0.1, -0.05) is 30.3 Å². The maximum absolute atomic E-state index is 10.7. The molecule has 0 aliphatic rings. The Labute approximate surface area is 227 Å². The number of nitrogens with one attached hydrogen (secondary N) is 2. The lowest BCUT2D eigenvalue weighted by molar-refractivity contribution is -0.105. The fourth-order valence-corrected chi connectivity index (χ4v) is 4.16. The van der Waals surface area contributed by atoms with Crippen LogP contribution in [0.2, 0.25) is 0 Å². The molecule has 198 valence electrons. The SMILES string of the molecule is COc1ccc(Oc2ccc(CCNC(O)Cc3ccc(O)c(NC=O)c3)cc2)cc1-c1cccc(C#N)c1. The highest BCUT2D eigenvalue weighted by atomic mass is 16.5. The summed E-state index contributed by atoms with van der Waals surface area (Å²) in [6.07, 6.45) is 0.742. The summed E-state index contributed by atoms with van der Waals surface area (Å²) in [7, 11) is 1.61. The molecule has 1 amide bonds. The third-order valence-corrected chi connectivity index (χ3v) is 6.13. The van der Waals surface area contributed by atoms with Gasteiger partial charge in [-0.05, 0) is 77.7 Å². The molecule has 0 heterocycles. The van der Waals surface area contributed by atoms with Crippen molar-refractivity contribution in [3.63, 3.8) is 0 Å². The molecule has 0 aliphatic carbocycles. The van der Waals surface area contributed by atoms with E-state index in [1.807, 2.05) is 60.7 Å². The third-order valence-electron chi connectivity index (χ3n) is 6.13. The molecule has 4 aromatic rings. The molecule has 0 aliphatic heterocycles. The number of aliphatic hydroxyl groups is 1. The van der Waals surface area contributed by atoms with Crippen LogP contribution in [0.15, 0.2) is 84.9 Å². The van der Waals surface area contributed by atoms with E-state index in [2.05, 4.69) is 16.7 Å². The predicted octanol–water partition coefficient (Wildman–Crippen LogP) is 4.99. The maximum Gasteiger partial charge on any atom is 0.211 e. The normalized spacial score (nSPS) is 11.3. The summed E-state index contributed by atoms with van der Waals surface area (Å²) in [4.78, 5) is 10.7. The van der Waals surface area contributed by atoms with E-state index in [4.69, 9.17) is 9.47 Å². The average molecular weight is 524 g/mol. The topological polar surface area (TPSA) is 124 Å². The molecule has 0 fully saturated rings. The monoisotopic (exact) mass is 523 g/mol. The van der Waals surface area contributed by atoms with Crippen LogP contribution >= 0.6 is 0 Å². The number of methoxy groups -OCH3 is 1. The third kappa shape index (κ3) is 7.36. The van der Waals surface area contributed by atoms with Gasteiger partial charge in [0.1, 0.15) is 29.2 Å². The van der Waals surface area contributed by atoms with Gasteiger partial charge in [0.05, 0.1) is 24.4 Å². The molecule has 39 heavy (non-hydrogen) atoms. The van der Waals surface area contributed by atoms with Crippen LogP contribution in [0, 0.1) is 11.3 Å². The summed E-state index contributed by atoms with van der Waals surface area (Å²) in [6.45, 7) is 0.558. The number of nitrogens with zero attached hydrogens (tertiary/aromatic N) is 1. The smallest absolute Gasteiger partial charge is 0.211 e. The summed E-state index contributed by atoms with van der Waals surface area (Å²) in [5, 5.41) is 34.8. The van der Waals surface area contributed by atoms with Gasteiger partial charge in [0.2, 0.25) is 6.41 Å². The van der Waals surface area contributed by atoms with Crippen LogP contribution in [0.1, 0.15) is 16.7 Å². The van der Waals surface area contributed by atoms with Crippen molar-refractivity contribution in [1.29, 1.82) is 5.26 Å². The zero-order valence-electron chi connectivity index (χ0n) is 21.4. The summed E-state index contributed by atoms with van der Waals surface area (Å²) in [6, 6.07) is 27.6. The Morgan fingerprint density at radius 1 is 0.974 bits per heavy atom. The van der Waals surface area contributed by atoms with Gasteiger partial charge in [-0.3, -0.25) is 10.1 Å². The molecule has 0 bridgehead atoms. The van der Waals surface area contributed by atoms with Crippen molar-refractivity contribution in [2.45, 2.75) is 19.1 Å². The van der Waals surface area contributed by atoms with Crippen LogP contribution in [0.3, 0.4) is 0 Å². The van der Waals surface area contributed by atoms with E-state index in [0.29, 0.717) is 54.3 Å². The predicted molar refractivity (Wildman–Crippen MR) is 149 cm³/mol. The van der Waals surface area contributed by atoms with Gasteiger partial charge in [0.25, 0.3) is 0 Å². The van der Waals surface area contributed by atoms with Crippen LogP contribution in [0.4, 0.5) is 5.69 Å². The van der Waals surface area contributed by atoms with Gasteiger partial charge >= 0.3 is 0 Å². The molecule has 8 heteroatoms. The number of amides is 1. The molecule has 4 N–H and O–H groups in total. The van der Waals surface area contributed by atoms with Gasteiger partial charge in [0, 0.05) is 18.5 Å². The molecule has 4 aromatic carbocycles. The minimum Gasteiger partial charge on any atom is -0.506 e. The van der Waals surface area contributed by atoms with Crippen molar-refractivity contribution in [3.8, 4) is 40.2 Å². The second kappa shape index (κ2) is 13.1. The standard InChI is InChI=1S/C31H29N3O5/c1-38-30-12-10-26(18-27(30)24-4-2-3-23(15-24)19-32)39-25-8-5-21(6-9-25)13-14-33-31(37)17-22-7-11-29(36)28(16-22)34-20-35/h2-12,15-16,18,20,31,33,36-37H,13-14,17H2,1H3,(H,34,35). The van der Waals surface area contributed by atoms with E-state index in [1.165, 1.54) is 6.07 Å². The number of aromatic hydroxyl groups is 1. The van der Waals surface area contributed by atoms with Crippen molar-refractivity contribution in [3.05, 3.63) is 102 Å². The zero-order chi connectivity index (χ0) is 27.6. The number of benzene rings is 4. The Balaban J connectivity index is 1.32. The molecule has 0 spiro atoms. The van der Waals surface area contributed by atoms with Crippen LogP contribution in [-0.2, 0) is 17.6 Å². The zero-order valence-corrected chi connectivity index (χ0v) is 21.4. The Bertz CT molecular complexity index is 1460. The Morgan fingerprint density at radius 2 is 1.74 bits per heavy atom. The number of nitriles is 1. The van der Waals surface area contributed by atoms with Gasteiger partial charge in [-0.25, -0.2) is 0 Å². The first-order valence-electron chi connectivity index (χ1n) is 12.4. The molecule has 0 aromatic heterocycles. The summed E-state index contributed by atoms with van der Waals surface area (Å²) < 4.78 is 11.6. The van der Waals surface area contributed by atoms with E-state index in [9.17, 15) is 20.3 Å². The van der Waals surface area contributed by atoms with Crippen LogP contribution in [0.25, 0.3) is 11.1 Å². The van der Waals surface area contributed by atoms with Crippen molar-refractivity contribution in [2.75, 3.05) is 19.0 Å². The molecule has 0 saturated heterocycles. The number of carbonyl (C=O) groups excluding carboxylic acids is 1. The van der Waals surface area contributed by atoms with E-state index in [0.717, 1.165) is 22.3 Å². The largest absolute Gasteiger partial charge is 0.506 e. The lowest BCUT2D eigenvalue weighted by atomic mass is 10.0. The number of hydrogen-bond donors (Lipinski definition) is 4. The fraction of sp³-hybridized carbons (Fsp3) is 0.161. The van der Waals surface area contributed by atoms with Gasteiger partial charge in [-0.15, -0.1) is 0 Å². The number of rotatable bonds is 12. The fourth-order valence-electron chi connectivity index (χ4n) is 4.16. The van der Waals surface area contributed by atoms with Crippen molar-refractivity contribution >= 4 is 12.1 Å². The van der Waals surface area contributed by atoms with E-state index in [-0.39, 0.29) is 5.75 Å². The van der Waals surface area contributed by atoms with Crippen molar-refractivity contribution < 1.29 is 24.5 Å². The molecule has 0 saturated carbocycles. The quantitative estimate of drug-likeness (QED) is 0.117. The highest BCUT2D eigenvalue weighted by Gasteiger charge is 2.11. The lowest BCUT2D eigenvalue weighted by Gasteiger charge is -2.14. The van der Waals surface area contributed by atoms with Crippen molar-refractivity contribution in [1.82, 2.24) is 5.32 Å². The molecule has 1 atom stereocenters. The number of aliphatic hydroxyl groups excluding tert-OH is 1. The van der Waals surface area contributed by atoms with Crippen LogP contribution in [-0.4, -0.2) is 36.5 Å². The Hall–Kier alpha value is -4.84. The molecular weight excluding hydrogens is 494 g/mol. The summed E-state index contributed by atoms with van der Waals surface area (Å²) in [5.41, 5.74) is 4.42. The molecule has 1 unspecified atom stereocenters. The van der Waals surface area contributed by atoms with E-state index in [1.54, 1.807) is 25.3 Å². The summed E-state index contributed by atoms with van der Waals surface area (Å²) in [5.74, 6) is 1.98. The first kappa shape index (κ1) is 27.2. The van der Waals surface area contributed by atoms with E-state index < -0.39 is 6.23 Å². The number of ether oxygens (including phenoxy) is 2. The van der Waals surface area contributed by atoms with Crippen LogP contribution < -0.4 is 20.1 Å². The van der Waals surface area contributed by atoms with Crippen molar-refractivity contribution in [2.24, 2.45) is 0 Å². The molecule has 0 radical (unpaired) electrons. The molecular formula is C31H29N3O5. The Kier molecular flexibility index (Phi) is 9.14. The first-order valence-corrected chi connectivity index (χ1v) is 12.4. The lowest BCUT2D eigenvalue weighted by Crippen LogP contribution is -2.32. The summed E-state index contributed by atoms with van der Waals surface area (Å²) >= 11 is 0. The number of carbonyl (C=O) groups is 1. The van der Waals surface area contributed by atoms with Gasteiger partial charge in [0.15, 0.2) is 0 Å². The minimum absolute atomic E-state index is 0.0291. The van der Waals surface area contributed by atoms with E-state index >= 15 is 0 Å². The second-order valence-corrected chi connectivity index (χ2v) is 8.84. The van der Waals surface area contributed by atoms with Crippen LogP contribution in [0.5, 0.6) is 23.0 Å². The first-order chi connectivity index (χ1) is 19.0. The molecule has 4 rings (SSSR count). The number of phenols is 1. The van der Waals surface area contributed by atoms with Gasteiger partial charge < -0.3 is 25.0 Å². The highest BCUT2D eigenvalue weighted by Crippen LogP contribution is 2.35. The average Bonchev–Trinajstić information content (AvgIpc) is 2.96. The molecule has 8 nitrogen and oxygen atoms in total. The van der Waals surface area contributed by atoms with Gasteiger partial charge in [-0.2, -0.15) is 5.26 Å². The second-order valence-electron chi connectivity index (χ2n) is 8.84. The minimum atomic E-state index is -0.778. The highest BCUT2D eigenvalue weighted by molar-refractivity contribution is 5.75.